The van der Waals surface area contributed by atoms with Gasteiger partial charge >= 0.3 is 0 Å². The number of ether oxygens (including phenoxy) is 1. The van der Waals surface area contributed by atoms with Crippen LogP contribution in [0.25, 0.3) is 11.0 Å². The summed E-state index contributed by atoms with van der Waals surface area (Å²) in [4.78, 5) is 17.6. The number of nitro benzene ring substituents is 1. The van der Waals surface area contributed by atoms with Gasteiger partial charge < -0.3 is 15.0 Å². The lowest BCUT2D eigenvalue weighted by Crippen LogP contribution is -2.26. The van der Waals surface area contributed by atoms with Crippen molar-refractivity contribution in [2.75, 3.05) is 24.9 Å². The molecule has 0 saturated heterocycles. The number of rotatable bonds is 7. The van der Waals surface area contributed by atoms with Gasteiger partial charge in [-0.3, -0.25) is 10.1 Å². The quantitative estimate of drug-likeness (QED) is 0.465. The average molecular weight is 299 g/mol. The van der Waals surface area contributed by atoms with Crippen LogP contribution in [-0.2, 0) is 4.74 Å². The number of hydrogen-bond donors (Lipinski definition) is 2. The fraction of sp³-hybridized carbons (Fsp3) is 0.417. The number of imidazole rings is 1. The van der Waals surface area contributed by atoms with Gasteiger partial charge in [-0.05, 0) is 12.5 Å². The zero-order valence-corrected chi connectivity index (χ0v) is 11.7. The van der Waals surface area contributed by atoms with Crippen molar-refractivity contribution in [3.63, 3.8) is 0 Å². The Morgan fingerprint density at radius 2 is 2.40 bits per heavy atom. The first-order chi connectivity index (χ1) is 9.63. The van der Waals surface area contributed by atoms with Crippen molar-refractivity contribution in [1.82, 2.24) is 9.97 Å². The van der Waals surface area contributed by atoms with Crippen LogP contribution in [0.15, 0.2) is 18.2 Å². The predicted molar refractivity (Wildman–Crippen MR) is 77.4 cm³/mol. The molecule has 8 heteroatoms. The van der Waals surface area contributed by atoms with Crippen molar-refractivity contribution >= 4 is 34.3 Å². The van der Waals surface area contributed by atoms with Gasteiger partial charge in [0.05, 0.1) is 28.6 Å². The Kier molecular flexibility index (Phi) is 4.75. The first kappa shape index (κ1) is 14.5. The minimum atomic E-state index is -0.436. The smallest absolute Gasteiger partial charge is 0.271 e. The van der Waals surface area contributed by atoms with Crippen LogP contribution >= 0.6 is 11.6 Å². The first-order valence-corrected chi connectivity index (χ1v) is 6.63. The normalized spacial score (nSPS) is 12.5. The molecule has 0 aliphatic rings. The van der Waals surface area contributed by atoms with Gasteiger partial charge in [0.25, 0.3) is 5.69 Å². The lowest BCUT2D eigenvalue weighted by molar-refractivity contribution is -0.384. The summed E-state index contributed by atoms with van der Waals surface area (Å²) in [6.45, 7) is 0.504. The number of nitrogens with zero attached hydrogens (tertiary/aromatic N) is 2. The van der Waals surface area contributed by atoms with Gasteiger partial charge in [-0.15, -0.1) is 11.6 Å². The highest BCUT2D eigenvalue weighted by atomic mass is 35.5. The van der Waals surface area contributed by atoms with Crippen LogP contribution in [0.5, 0.6) is 0 Å². The van der Waals surface area contributed by atoms with Crippen molar-refractivity contribution < 1.29 is 9.66 Å². The zero-order chi connectivity index (χ0) is 14.5. The van der Waals surface area contributed by atoms with Gasteiger partial charge in [-0.1, -0.05) is 0 Å². The molecule has 0 saturated carbocycles. The van der Waals surface area contributed by atoms with Gasteiger partial charge in [0.15, 0.2) is 0 Å². The summed E-state index contributed by atoms with van der Waals surface area (Å²) in [5.74, 6) is 1.06. The van der Waals surface area contributed by atoms with Crippen molar-refractivity contribution in [2.45, 2.75) is 12.5 Å². The molecular formula is C12H15ClN4O3. The van der Waals surface area contributed by atoms with E-state index in [0.717, 1.165) is 6.42 Å². The number of H-pyrrole nitrogens is 1. The molecule has 1 aromatic heterocycles. The minimum Gasteiger partial charge on any atom is -0.383 e. The minimum absolute atomic E-state index is 0.0295. The van der Waals surface area contributed by atoms with Crippen molar-refractivity contribution in [3.8, 4) is 0 Å². The summed E-state index contributed by atoms with van der Waals surface area (Å²) < 4.78 is 5.10. The molecule has 0 aliphatic heterocycles. The third-order valence-electron chi connectivity index (χ3n) is 2.84. The van der Waals surface area contributed by atoms with Crippen LogP contribution < -0.4 is 5.32 Å². The van der Waals surface area contributed by atoms with Gasteiger partial charge in [-0.25, -0.2) is 4.98 Å². The Labute approximate surface area is 120 Å². The molecule has 1 heterocycles. The van der Waals surface area contributed by atoms with E-state index in [-0.39, 0.29) is 11.7 Å². The number of fused-ring (bicyclic) bond motifs is 1. The van der Waals surface area contributed by atoms with E-state index in [1.807, 2.05) is 0 Å². The van der Waals surface area contributed by atoms with E-state index in [0.29, 0.717) is 29.5 Å². The van der Waals surface area contributed by atoms with E-state index in [1.165, 1.54) is 12.1 Å². The highest BCUT2D eigenvalue weighted by Gasteiger charge is 2.12. The molecule has 1 unspecified atom stereocenters. The molecule has 0 aliphatic carbocycles. The molecule has 7 nitrogen and oxygen atoms in total. The van der Waals surface area contributed by atoms with Crippen LogP contribution in [0.3, 0.4) is 0 Å². The summed E-state index contributed by atoms with van der Waals surface area (Å²) in [6, 6.07) is 4.54. The molecule has 108 valence electrons. The second-order valence-electron chi connectivity index (χ2n) is 4.32. The molecule has 1 atom stereocenters. The van der Waals surface area contributed by atoms with Gasteiger partial charge in [-0.2, -0.15) is 0 Å². The molecule has 0 amide bonds. The second kappa shape index (κ2) is 6.53. The maximum atomic E-state index is 10.7. The molecule has 2 aromatic rings. The Balaban J connectivity index is 2.20. The molecule has 1 aromatic carbocycles. The summed E-state index contributed by atoms with van der Waals surface area (Å²) in [6.07, 6.45) is 0.729. The Bertz CT molecular complexity index is 595. The van der Waals surface area contributed by atoms with Crippen LogP contribution in [0.2, 0.25) is 0 Å². The Morgan fingerprint density at radius 3 is 3.05 bits per heavy atom. The molecular weight excluding hydrogens is 284 g/mol. The molecule has 2 N–H and O–H groups in total. The number of hydrogen-bond acceptors (Lipinski definition) is 5. The third kappa shape index (κ3) is 3.37. The summed E-state index contributed by atoms with van der Waals surface area (Å²) in [7, 11) is 1.62. The number of non-ortho nitro benzene ring substituents is 1. The fourth-order valence-corrected chi connectivity index (χ4v) is 2.17. The maximum Gasteiger partial charge on any atom is 0.271 e. The number of nitrogens with one attached hydrogen (secondary N) is 2. The van der Waals surface area contributed by atoms with Crippen molar-refractivity contribution in [2.24, 2.45) is 0 Å². The summed E-state index contributed by atoms with van der Waals surface area (Å²) in [5, 5.41) is 13.9. The zero-order valence-electron chi connectivity index (χ0n) is 10.9. The second-order valence-corrected chi connectivity index (χ2v) is 4.70. The molecule has 0 fully saturated rings. The lowest BCUT2D eigenvalue weighted by atomic mass is 10.2. The van der Waals surface area contributed by atoms with Gasteiger partial charge in [0.2, 0.25) is 5.95 Å². The van der Waals surface area contributed by atoms with E-state index >= 15 is 0 Å². The molecule has 0 spiro atoms. The standard InChI is InChI=1S/C12H15ClN4O3/c1-20-7-8(4-5-13)14-12-15-10-3-2-9(17(18)19)6-11(10)16-12/h2-3,6,8H,4-5,7H2,1H3,(H2,14,15,16). The van der Waals surface area contributed by atoms with Crippen molar-refractivity contribution in [3.05, 3.63) is 28.3 Å². The monoisotopic (exact) mass is 298 g/mol. The maximum absolute atomic E-state index is 10.7. The number of aromatic nitrogens is 2. The topological polar surface area (TPSA) is 93.1 Å². The highest BCUT2D eigenvalue weighted by Crippen LogP contribution is 2.21. The van der Waals surface area contributed by atoms with Crippen LogP contribution in [0.1, 0.15) is 6.42 Å². The van der Waals surface area contributed by atoms with E-state index in [4.69, 9.17) is 16.3 Å². The van der Waals surface area contributed by atoms with Crippen molar-refractivity contribution in [1.29, 1.82) is 0 Å². The van der Waals surface area contributed by atoms with Gasteiger partial charge in [0.1, 0.15) is 0 Å². The number of aromatic amines is 1. The lowest BCUT2D eigenvalue weighted by Gasteiger charge is -2.15. The van der Waals surface area contributed by atoms with Crippen LogP contribution in [0, 0.1) is 10.1 Å². The first-order valence-electron chi connectivity index (χ1n) is 6.09. The van der Waals surface area contributed by atoms with E-state index in [1.54, 1.807) is 13.2 Å². The summed E-state index contributed by atoms with van der Waals surface area (Å²) >= 11 is 5.73. The largest absolute Gasteiger partial charge is 0.383 e. The van der Waals surface area contributed by atoms with Gasteiger partial charge in [0, 0.05) is 25.1 Å². The van der Waals surface area contributed by atoms with E-state index in [2.05, 4.69) is 15.3 Å². The number of benzene rings is 1. The third-order valence-corrected chi connectivity index (χ3v) is 3.06. The highest BCUT2D eigenvalue weighted by molar-refractivity contribution is 6.17. The summed E-state index contributed by atoms with van der Waals surface area (Å²) in [5.41, 5.74) is 1.31. The molecule has 0 bridgehead atoms. The van der Waals surface area contributed by atoms with E-state index < -0.39 is 4.92 Å². The number of alkyl halides is 1. The number of methoxy groups -OCH3 is 1. The Hall–Kier alpha value is -1.86. The average Bonchev–Trinajstić information content (AvgIpc) is 2.80. The predicted octanol–water partition coefficient (Wildman–Crippen LogP) is 2.53. The fourth-order valence-electron chi connectivity index (χ4n) is 1.90. The number of halogens is 1. The van der Waals surface area contributed by atoms with E-state index in [9.17, 15) is 10.1 Å². The molecule has 20 heavy (non-hydrogen) atoms. The van der Waals surface area contributed by atoms with Crippen LogP contribution in [-0.4, -0.2) is 40.5 Å². The van der Waals surface area contributed by atoms with Crippen LogP contribution in [0.4, 0.5) is 11.6 Å². The molecule has 2 rings (SSSR count). The number of anilines is 1. The SMILES string of the molecule is COCC(CCCl)Nc1nc2ccc([N+](=O)[O-])cc2[nH]1. The molecule has 0 radical (unpaired) electrons. The Morgan fingerprint density at radius 1 is 1.60 bits per heavy atom. The number of nitro groups is 1.